The van der Waals surface area contributed by atoms with Crippen LogP contribution < -0.4 is 0 Å². The van der Waals surface area contributed by atoms with Gasteiger partial charge in [-0.1, -0.05) is 12.1 Å². The molecule has 0 fully saturated rings. The van der Waals surface area contributed by atoms with Crippen LogP contribution in [0.15, 0.2) is 29.2 Å². The van der Waals surface area contributed by atoms with Gasteiger partial charge in [0.15, 0.2) is 4.90 Å². The van der Waals surface area contributed by atoms with E-state index in [-0.39, 0.29) is 0 Å². The SMILES string of the molecule is O=C(O)OCC(CO)OS(=O)(=O)c1ccccc1[N+](=O)[O-]. The summed E-state index contributed by atoms with van der Waals surface area (Å²) >= 11 is 0. The minimum Gasteiger partial charge on any atom is -0.450 e. The van der Waals surface area contributed by atoms with E-state index in [9.17, 15) is 23.3 Å². The molecule has 2 N–H and O–H groups in total. The Morgan fingerprint density at radius 3 is 2.52 bits per heavy atom. The summed E-state index contributed by atoms with van der Waals surface area (Å²) in [4.78, 5) is 19.4. The first-order valence-electron chi connectivity index (χ1n) is 5.41. The highest BCUT2D eigenvalue weighted by molar-refractivity contribution is 7.87. The number of para-hydroxylation sites is 1. The van der Waals surface area contributed by atoms with Gasteiger partial charge in [0.1, 0.15) is 12.7 Å². The largest absolute Gasteiger partial charge is 0.505 e. The average Bonchev–Trinajstić information content (AvgIpc) is 2.43. The molecular weight excluding hydrogens is 310 g/mol. The third kappa shape index (κ3) is 4.66. The predicted molar refractivity (Wildman–Crippen MR) is 66.2 cm³/mol. The molecule has 1 unspecified atom stereocenters. The summed E-state index contributed by atoms with van der Waals surface area (Å²) in [5.41, 5.74) is -0.701. The predicted octanol–water partition coefficient (Wildman–Crippen LogP) is 0.356. The summed E-state index contributed by atoms with van der Waals surface area (Å²) in [5, 5.41) is 28.0. The van der Waals surface area contributed by atoms with Crippen molar-refractivity contribution < 1.29 is 37.3 Å². The van der Waals surface area contributed by atoms with Crippen LogP contribution in [-0.4, -0.2) is 49.0 Å². The fraction of sp³-hybridized carbons (Fsp3) is 0.300. The van der Waals surface area contributed by atoms with Gasteiger partial charge < -0.3 is 14.9 Å². The number of nitrogens with zero attached hydrogens (tertiary/aromatic N) is 1. The number of carbonyl (C=O) groups is 1. The minimum atomic E-state index is -4.57. The van der Waals surface area contributed by atoms with Crippen molar-refractivity contribution in [1.29, 1.82) is 0 Å². The first-order valence-corrected chi connectivity index (χ1v) is 6.82. The molecule has 1 atom stereocenters. The summed E-state index contributed by atoms with van der Waals surface area (Å²) in [6, 6.07) is 4.46. The first-order chi connectivity index (χ1) is 9.77. The lowest BCUT2D eigenvalue weighted by molar-refractivity contribution is -0.387. The summed E-state index contributed by atoms with van der Waals surface area (Å²) < 4.78 is 32.5. The molecule has 0 saturated carbocycles. The molecule has 0 aliphatic rings. The molecule has 10 nitrogen and oxygen atoms in total. The Morgan fingerprint density at radius 1 is 1.38 bits per heavy atom. The molecule has 1 aromatic carbocycles. The van der Waals surface area contributed by atoms with Crippen molar-refractivity contribution in [1.82, 2.24) is 0 Å². The summed E-state index contributed by atoms with van der Waals surface area (Å²) in [5.74, 6) is 0. The molecule has 116 valence electrons. The van der Waals surface area contributed by atoms with Crippen molar-refractivity contribution in [3.8, 4) is 0 Å². The third-order valence-corrected chi connectivity index (χ3v) is 3.60. The molecule has 0 heterocycles. The Hall–Kier alpha value is -2.24. The monoisotopic (exact) mass is 321 g/mol. The Labute approximate surface area is 118 Å². The second-order valence-corrected chi connectivity index (χ2v) is 5.20. The molecule has 0 aliphatic carbocycles. The Balaban J connectivity index is 3.00. The quantitative estimate of drug-likeness (QED) is 0.313. The van der Waals surface area contributed by atoms with Crippen molar-refractivity contribution in [3.05, 3.63) is 34.4 Å². The molecule has 0 aromatic heterocycles. The van der Waals surface area contributed by atoms with Crippen LogP contribution in [0.5, 0.6) is 0 Å². The average molecular weight is 321 g/mol. The second-order valence-electron chi connectivity index (χ2n) is 3.66. The first kappa shape index (κ1) is 16.8. The number of hydrogen-bond acceptors (Lipinski definition) is 8. The van der Waals surface area contributed by atoms with E-state index >= 15 is 0 Å². The van der Waals surface area contributed by atoms with E-state index in [1.54, 1.807) is 0 Å². The molecular formula is C10H11NO9S. The van der Waals surface area contributed by atoms with E-state index in [1.807, 2.05) is 0 Å². The zero-order valence-corrected chi connectivity index (χ0v) is 11.2. The Kier molecular flexibility index (Phi) is 5.58. The number of benzene rings is 1. The molecule has 0 aliphatic heterocycles. The number of aliphatic hydroxyl groups excluding tert-OH is 1. The molecule has 0 amide bonds. The Bertz CT molecular complexity index is 627. The molecule has 0 saturated heterocycles. The maximum absolute atomic E-state index is 11.9. The van der Waals surface area contributed by atoms with Crippen LogP contribution in [-0.2, 0) is 19.0 Å². The van der Waals surface area contributed by atoms with Crippen LogP contribution >= 0.6 is 0 Å². The van der Waals surface area contributed by atoms with E-state index in [0.717, 1.165) is 12.1 Å². The van der Waals surface area contributed by atoms with Crippen LogP contribution in [0.3, 0.4) is 0 Å². The summed E-state index contributed by atoms with van der Waals surface area (Å²) in [7, 11) is -4.57. The van der Waals surface area contributed by atoms with E-state index in [0.29, 0.717) is 0 Å². The molecule has 1 rings (SSSR count). The molecule has 21 heavy (non-hydrogen) atoms. The lowest BCUT2D eigenvalue weighted by atomic mass is 10.3. The van der Waals surface area contributed by atoms with Crippen molar-refractivity contribution in [2.75, 3.05) is 13.2 Å². The number of hydrogen-bond donors (Lipinski definition) is 2. The maximum Gasteiger partial charge on any atom is 0.505 e. The van der Waals surface area contributed by atoms with E-state index in [1.165, 1.54) is 12.1 Å². The van der Waals surface area contributed by atoms with Gasteiger partial charge in [0.2, 0.25) is 0 Å². The standard InChI is InChI=1S/C10H11NO9S/c12-5-7(6-19-10(13)14)20-21(17,18)9-4-2-1-3-8(9)11(15)16/h1-4,7,12H,5-6H2,(H,13,14). The second kappa shape index (κ2) is 6.97. The lowest BCUT2D eigenvalue weighted by Crippen LogP contribution is -2.28. The fourth-order valence-corrected chi connectivity index (χ4v) is 2.55. The third-order valence-electron chi connectivity index (χ3n) is 2.19. The van der Waals surface area contributed by atoms with Gasteiger partial charge in [0, 0.05) is 6.07 Å². The van der Waals surface area contributed by atoms with Gasteiger partial charge in [-0.25, -0.2) is 4.79 Å². The van der Waals surface area contributed by atoms with E-state index < -0.39 is 51.1 Å². The number of aliphatic hydroxyl groups is 1. The number of nitro groups is 1. The van der Waals surface area contributed by atoms with Gasteiger partial charge in [-0.05, 0) is 6.07 Å². The zero-order valence-electron chi connectivity index (χ0n) is 10.4. The minimum absolute atomic E-state index is 0.701. The van der Waals surface area contributed by atoms with Crippen LogP contribution in [0, 0.1) is 10.1 Å². The number of carboxylic acid groups (broad SMARTS) is 1. The lowest BCUT2D eigenvalue weighted by Gasteiger charge is -2.14. The van der Waals surface area contributed by atoms with Gasteiger partial charge in [-0.15, -0.1) is 0 Å². The molecule has 0 spiro atoms. The topological polar surface area (TPSA) is 153 Å². The van der Waals surface area contributed by atoms with Gasteiger partial charge in [-0.2, -0.15) is 8.42 Å². The zero-order chi connectivity index (χ0) is 16.0. The smallest absolute Gasteiger partial charge is 0.450 e. The van der Waals surface area contributed by atoms with E-state index in [4.69, 9.17) is 10.2 Å². The number of rotatable bonds is 7. The van der Waals surface area contributed by atoms with Crippen LogP contribution in [0.25, 0.3) is 0 Å². The van der Waals surface area contributed by atoms with Gasteiger partial charge in [0.25, 0.3) is 5.69 Å². The highest BCUT2D eigenvalue weighted by atomic mass is 32.2. The van der Waals surface area contributed by atoms with Gasteiger partial charge in [0.05, 0.1) is 11.5 Å². The molecule has 0 radical (unpaired) electrons. The number of ether oxygens (including phenoxy) is 1. The van der Waals surface area contributed by atoms with Gasteiger partial charge in [-0.3, -0.25) is 14.3 Å². The highest BCUT2D eigenvalue weighted by Crippen LogP contribution is 2.25. The number of nitro benzene ring substituents is 1. The van der Waals surface area contributed by atoms with Crippen molar-refractivity contribution in [2.45, 2.75) is 11.0 Å². The Morgan fingerprint density at radius 2 is 2.00 bits per heavy atom. The van der Waals surface area contributed by atoms with Crippen LogP contribution in [0.2, 0.25) is 0 Å². The highest BCUT2D eigenvalue weighted by Gasteiger charge is 2.29. The maximum atomic E-state index is 11.9. The van der Waals surface area contributed by atoms with Gasteiger partial charge >= 0.3 is 16.3 Å². The van der Waals surface area contributed by atoms with Crippen LogP contribution in [0.4, 0.5) is 10.5 Å². The summed E-state index contributed by atoms with van der Waals surface area (Å²) in [6.45, 7) is -1.60. The van der Waals surface area contributed by atoms with Crippen molar-refractivity contribution in [3.63, 3.8) is 0 Å². The fourth-order valence-electron chi connectivity index (χ4n) is 1.33. The normalized spacial score (nSPS) is 12.6. The molecule has 0 bridgehead atoms. The van der Waals surface area contributed by atoms with E-state index in [2.05, 4.69) is 8.92 Å². The van der Waals surface area contributed by atoms with Crippen LogP contribution in [0.1, 0.15) is 0 Å². The molecule has 1 aromatic rings. The van der Waals surface area contributed by atoms with Crippen molar-refractivity contribution in [2.24, 2.45) is 0 Å². The van der Waals surface area contributed by atoms with Crippen molar-refractivity contribution >= 4 is 22.0 Å². The molecule has 11 heteroatoms. The summed E-state index contributed by atoms with van der Waals surface area (Å²) in [6.07, 6.45) is -3.19.